The van der Waals surface area contributed by atoms with Crippen LogP contribution in [-0.4, -0.2) is 68.4 Å². The van der Waals surface area contributed by atoms with E-state index in [1.807, 2.05) is 6.07 Å². The van der Waals surface area contributed by atoms with Gasteiger partial charge in [0.15, 0.2) is 11.3 Å². The summed E-state index contributed by atoms with van der Waals surface area (Å²) in [4.78, 5) is 22.4. The molecule has 3 aromatic rings. The van der Waals surface area contributed by atoms with Gasteiger partial charge >= 0.3 is 0 Å². The van der Waals surface area contributed by atoms with Gasteiger partial charge in [0.1, 0.15) is 11.4 Å². The lowest BCUT2D eigenvalue weighted by Gasteiger charge is -2.35. The van der Waals surface area contributed by atoms with E-state index in [-0.39, 0.29) is 17.3 Å². The Kier molecular flexibility index (Phi) is 7.41. The average Bonchev–Trinajstić information content (AvgIpc) is 3.53. The number of carbonyl (C=O) groups excluding carboxylic acids is 1. The Labute approximate surface area is 215 Å². The molecule has 4 heterocycles. The lowest BCUT2D eigenvalue weighted by molar-refractivity contribution is 0.102. The first kappa shape index (κ1) is 25.6. The number of halogens is 2. The van der Waals surface area contributed by atoms with E-state index in [2.05, 4.69) is 46.3 Å². The molecular weight excluding hydrogens is 478 g/mol. The summed E-state index contributed by atoms with van der Waals surface area (Å²) in [5, 5.41) is 11.1. The first-order valence-corrected chi connectivity index (χ1v) is 13.3. The van der Waals surface area contributed by atoms with Crippen LogP contribution in [0.1, 0.15) is 80.4 Å². The van der Waals surface area contributed by atoms with Gasteiger partial charge < -0.3 is 15.1 Å². The smallest absolute Gasteiger partial charge is 0.284 e. The van der Waals surface area contributed by atoms with Crippen LogP contribution in [0, 0.1) is 5.92 Å². The van der Waals surface area contributed by atoms with E-state index in [1.54, 1.807) is 17.1 Å². The summed E-state index contributed by atoms with van der Waals surface area (Å²) < 4.78 is 30.8. The Hall–Kier alpha value is -3.08. The van der Waals surface area contributed by atoms with Gasteiger partial charge in [-0.3, -0.25) is 9.48 Å². The quantitative estimate of drug-likeness (QED) is 0.488. The van der Waals surface area contributed by atoms with Gasteiger partial charge in [-0.1, -0.05) is 13.3 Å². The normalized spacial score (nSPS) is 21.3. The number of anilines is 2. The second kappa shape index (κ2) is 10.7. The third kappa shape index (κ3) is 5.32. The summed E-state index contributed by atoms with van der Waals surface area (Å²) in [6.45, 7) is 3.93. The van der Waals surface area contributed by atoms with Crippen molar-refractivity contribution in [1.29, 1.82) is 0 Å². The fourth-order valence-corrected chi connectivity index (χ4v) is 5.66. The van der Waals surface area contributed by atoms with Gasteiger partial charge in [-0.2, -0.15) is 10.2 Å². The molecule has 37 heavy (non-hydrogen) atoms. The van der Waals surface area contributed by atoms with Crippen molar-refractivity contribution in [3.05, 3.63) is 35.9 Å². The number of amides is 1. The number of rotatable bonds is 7. The van der Waals surface area contributed by atoms with Gasteiger partial charge in [0.2, 0.25) is 0 Å². The Morgan fingerprint density at radius 2 is 1.89 bits per heavy atom. The number of hydrogen-bond acceptors (Lipinski definition) is 6. The SMILES string of the molecule is CC[C@H]1CC[C@H](n2cc(NC(=O)c3cnn4ccc(N5CCC(N(C)C)CC5)nc34)c(C(F)F)n2)CC1. The molecule has 11 heteroatoms. The summed E-state index contributed by atoms with van der Waals surface area (Å²) in [5.74, 6) is 0.943. The van der Waals surface area contributed by atoms with Crippen LogP contribution in [0.5, 0.6) is 0 Å². The lowest BCUT2D eigenvalue weighted by atomic mass is 9.85. The molecule has 2 fully saturated rings. The molecule has 9 nitrogen and oxygen atoms in total. The highest BCUT2D eigenvalue weighted by molar-refractivity contribution is 6.08. The van der Waals surface area contributed by atoms with Gasteiger partial charge in [-0.05, 0) is 64.6 Å². The van der Waals surface area contributed by atoms with E-state index in [9.17, 15) is 13.6 Å². The van der Waals surface area contributed by atoms with Gasteiger partial charge in [0.25, 0.3) is 12.3 Å². The molecule has 0 spiro atoms. The summed E-state index contributed by atoms with van der Waals surface area (Å²) >= 11 is 0. The summed E-state index contributed by atoms with van der Waals surface area (Å²) in [6, 6.07) is 2.51. The largest absolute Gasteiger partial charge is 0.356 e. The van der Waals surface area contributed by atoms with E-state index in [4.69, 9.17) is 4.98 Å². The van der Waals surface area contributed by atoms with Gasteiger partial charge in [0.05, 0.1) is 17.9 Å². The molecule has 2 aliphatic rings. The second-order valence-corrected chi connectivity index (χ2v) is 10.5. The maximum absolute atomic E-state index is 13.8. The molecule has 0 radical (unpaired) electrons. The molecule has 1 saturated heterocycles. The minimum absolute atomic E-state index is 0.0406. The third-order valence-corrected chi connectivity index (χ3v) is 8.10. The van der Waals surface area contributed by atoms with Crippen LogP contribution in [0.2, 0.25) is 0 Å². The van der Waals surface area contributed by atoms with Crippen molar-refractivity contribution in [3.63, 3.8) is 0 Å². The van der Waals surface area contributed by atoms with Crippen molar-refractivity contribution in [2.75, 3.05) is 37.4 Å². The van der Waals surface area contributed by atoms with Gasteiger partial charge in [-0.15, -0.1) is 0 Å². The first-order valence-electron chi connectivity index (χ1n) is 13.3. The highest BCUT2D eigenvalue weighted by Crippen LogP contribution is 2.36. The van der Waals surface area contributed by atoms with Crippen molar-refractivity contribution in [2.45, 2.75) is 70.4 Å². The van der Waals surface area contributed by atoms with Crippen molar-refractivity contribution < 1.29 is 13.6 Å². The topological polar surface area (TPSA) is 83.6 Å². The fourth-order valence-electron chi connectivity index (χ4n) is 5.66. The van der Waals surface area contributed by atoms with Crippen LogP contribution in [-0.2, 0) is 0 Å². The molecule has 0 aromatic carbocycles. The van der Waals surface area contributed by atoms with E-state index < -0.39 is 18.0 Å². The van der Waals surface area contributed by atoms with Crippen LogP contribution < -0.4 is 10.2 Å². The van der Waals surface area contributed by atoms with Crippen molar-refractivity contribution in [1.82, 2.24) is 29.3 Å². The van der Waals surface area contributed by atoms with Crippen LogP contribution in [0.25, 0.3) is 5.65 Å². The summed E-state index contributed by atoms with van der Waals surface area (Å²) in [5.41, 5.74) is 0.272. The zero-order chi connectivity index (χ0) is 26.1. The van der Waals surface area contributed by atoms with Crippen molar-refractivity contribution in [2.24, 2.45) is 5.92 Å². The lowest BCUT2D eigenvalue weighted by Crippen LogP contribution is -2.42. The van der Waals surface area contributed by atoms with E-state index in [0.29, 0.717) is 17.6 Å². The Bertz CT molecular complexity index is 1220. The molecule has 1 aliphatic heterocycles. The molecular formula is C26H36F2N8O. The Morgan fingerprint density at radius 3 is 2.54 bits per heavy atom. The molecule has 0 bridgehead atoms. The molecule has 0 unspecified atom stereocenters. The highest BCUT2D eigenvalue weighted by atomic mass is 19.3. The van der Waals surface area contributed by atoms with Gasteiger partial charge in [0, 0.05) is 31.5 Å². The zero-order valence-electron chi connectivity index (χ0n) is 21.8. The molecule has 3 aromatic heterocycles. The number of nitrogens with zero attached hydrogens (tertiary/aromatic N) is 7. The number of nitrogens with one attached hydrogen (secondary N) is 1. The van der Waals surface area contributed by atoms with Crippen LogP contribution in [0.3, 0.4) is 0 Å². The first-order chi connectivity index (χ1) is 17.8. The number of hydrogen-bond donors (Lipinski definition) is 1. The van der Waals surface area contributed by atoms with Crippen LogP contribution >= 0.6 is 0 Å². The van der Waals surface area contributed by atoms with Crippen molar-refractivity contribution in [3.8, 4) is 0 Å². The van der Waals surface area contributed by atoms with Crippen LogP contribution in [0.15, 0.2) is 24.7 Å². The van der Waals surface area contributed by atoms with E-state index in [1.165, 1.54) is 10.7 Å². The predicted molar refractivity (Wildman–Crippen MR) is 138 cm³/mol. The Balaban J connectivity index is 1.34. The molecule has 1 N–H and O–H groups in total. The maximum Gasteiger partial charge on any atom is 0.284 e. The second-order valence-electron chi connectivity index (χ2n) is 10.5. The maximum atomic E-state index is 13.8. The zero-order valence-corrected chi connectivity index (χ0v) is 21.8. The van der Waals surface area contributed by atoms with E-state index in [0.717, 1.165) is 63.9 Å². The minimum Gasteiger partial charge on any atom is -0.356 e. The number of aromatic nitrogens is 5. The summed E-state index contributed by atoms with van der Waals surface area (Å²) in [6.07, 6.45) is 9.12. The molecule has 0 atom stereocenters. The Morgan fingerprint density at radius 1 is 1.16 bits per heavy atom. The van der Waals surface area contributed by atoms with Crippen molar-refractivity contribution >= 4 is 23.1 Å². The highest BCUT2D eigenvalue weighted by Gasteiger charge is 2.27. The van der Waals surface area contributed by atoms with E-state index >= 15 is 0 Å². The fraction of sp³-hybridized carbons (Fsp3) is 0.615. The molecule has 1 amide bonds. The number of carbonyl (C=O) groups is 1. The minimum atomic E-state index is -2.79. The number of fused-ring (bicyclic) bond motifs is 1. The number of alkyl halides is 2. The number of piperidine rings is 1. The third-order valence-electron chi connectivity index (χ3n) is 8.10. The monoisotopic (exact) mass is 514 g/mol. The molecule has 5 rings (SSSR count). The molecule has 1 saturated carbocycles. The van der Waals surface area contributed by atoms with Crippen LogP contribution in [0.4, 0.5) is 20.3 Å². The average molecular weight is 515 g/mol. The standard InChI is InChI=1S/C26H36F2N8O/c1-4-17-5-7-19(8-6-17)36-16-21(23(32-36)24(27)28)30-26(37)20-15-29-35-14-11-22(31-25(20)35)34-12-9-18(10-13-34)33(2)3/h11,14-19,24H,4-10,12-13H2,1-3H3,(H,30,37)/t17-,19-. The molecule has 1 aliphatic carbocycles. The molecule has 200 valence electrons. The summed E-state index contributed by atoms with van der Waals surface area (Å²) in [7, 11) is 4.20. The predicted octanol–water partition coefficient (Wildman–Crippen LogP) is 4.79. The van der Waals surface area contributed by atoms with Gasteiger partial charge in [-0.25, -0.2) is 18.3 Å².